The topological polar surface area (TPSA) is 177 Å². The van der Waals surface area contributed by atoms with Gasteiger partial charge in [-0.15, -0.1) is 5.10 Å². The van der Waals surface area contributed by atoms with Gasteiger partial charge in [0.15, 0.2) is 17.4 Å². The van der Waals surface area contributed by atoms with Gasteiger partial charge < -0.3 is 25.5 Å². The third kappa shape index (κ3) is 4.59. The molecule has 12 nitrogen and oxygen atoms in total. The molecule has 4 aromatic rings. The molecule has 1 atom stereocenters. The SMILES string of the molecule is COc1cc(OC)c(F)c(C(Nc2ccc(C(=N)N)cc2)c2nn(-c3ncc[nH]c3=O)c(=O)[nH]2)c1. The molecule has 2 aromatic carbocycles. The number of nitrogens with one attached hydrogen (secondary N) is 4. The van der Waals surface area contributed by atoms with Crippen molar-refractivity contribution in [2.24, 2.45) is 5.73 Å². The Bertz CT molecular complexity index is 1490. The number of nitrogens with two attached hydrogens (primary N) is 1. The zero-order valence-electron chi connectivity index (χ0n) is 18.6. The summed E-state index contributed by atoms with van der Waals surface area (Å²) in [6.45, 7) is 0. The van der Waals surface area contributed by atoms with Crippen LogP contribution in [0.4, 0.5) is 10.1 Å². The molecule has 4 rings (SSSR count). The number of methoxy groups -OCH3 is 2. The molecule has 0 saturated carbocycles. The number of aromatic amines is 2. The van der Waals surface area contributed by atoms with Crippen LogP contribution in [0, 0.1) is 11.2 Å². The van der Waals surface area contributed by atoms with Crippen LogP contribution in [0.25, 0.3) is 5.82 Å². The summed E-state index contributed by atoms with van der Waals surface area (Å²) in [5, 5.41) is 14.9. The van der Waals surface area contributed by atoms with Crippen molar-refractivity contribution in [3.05, 3.63) is 92.4 Å². The fourth-order valence-corrected chi connectivity index (χ4v) is 3.38. The highest BCUT2D eigenvalue weighted by molar-refractivity contribution is 5.95. The molecule has 0 fully saturated rings. The number of aromatic nitrogens is 5. The molecule has 180 valence electrons. The normalized spacial score (nSPS) is 11.6. The van der Waals surface area contributed by atoms with Gasteiger partial charge in [0.2, 0.25) is 5.82 Å². The van der Waals surface area contributed by atoms with E-state index in [1.165, 1.54) is 38.7 Å². The second-order valence-electron chi connectivity index (χ2n) is 7.27. The van der Waals surface area contributed by atoms with E-state index in [1.807, 2.05) is 0 Å². The lowest BCUT2D eigenvalue weighted by Crippen LogP contribution is -2.25. The maximum Gasteiger partial charge on any atom is 0.349 e. The van der Waals surface area contributed by atoms with Gasteiger partial charge >= 0.3 is 5.69 Å². The van der Waals surface area contributed by atoms with E-state index in [0.717, 1.165) is 4.68 Å². The van der Waals surface area contributed by atoms with Crippen molar-refractivity contribution >= 4 is 11.5 Å². The van der Waals surface area contributed by atoms with Crippen molar-refractivity contribution < 1.29 is 13.9 Å². The Labute approximate surface area is 197 Å². The molecule has 0 saturated heterocycles. The van der Waals surface area contributed by atoms with Gasteiger partial charge in [-0.3, -0.25) is 15.2 Å². The number of nitrogens with zero attached hydrogens (tertiary/aromatic N) is 3. The molecule has 35 heavy (non-hydrogen) atoms. The van der Waals surface area contributed by atoms with Gasteiger partial charge in [-0.2, -0.15) is 4.68 Å². The lowest BCUT2D eigenvalue weighted by atomic mass is 10.0. The molecular formula is C22H21FN8O4. The largest absolute Gasteiger partial charge is 0.497 e. The Morgan fingerprint density at radius 2 is 1.94 bits per heavy atom. The molecule has 0 aliphatic rings. The highest BCUT2D eigenvalue weighted by Gasteiger charge is 2.27. The first-order chi connectivity index (χ1) is 16.8. The Morgan fingerprint density at radius 3 is 2.57 bits per heavy atom. The third-order valence-corrected chi connectivity index (χ3v) is 5.11. The van der Waals surface area contributed by atoms with E-state index in [1.54, 1.807) is 24.3 Å². The molecule has 0 bridgehead atoms. The summed E-state index contributed by atoms with van der Waals surface area (Å²) in [6, 6.07) is 8.25. The number of hydrogen-bond acceptors (Lipinski definition) is 8. The average Bonchev–Trinajstić information content (AvgIpc) is 3.24. The summed E-state index contributed by atoms with van der Waals surface area (Å²) in [5.74, 6) is -0.864. The fourth-order valence-electron chi connectivity index (χ4n) is 3.38. The first-order valence-electron chi connectivity index (χ1n) is 10.2. The zero-order chi connectivity index (χ0) is 25.1. The molecule has 2 heterocycles. The van der Waals surface area contributed by atoms with Gasteiger partial charge in [0.1, 0.15) is 17.6 Å². The second-order valence-corrected chi connectivity index (χ2v) is 7.27. The number of ether oxygens (including phenoxy) is 2. The predicted octanol–water partition coefficient (Wildman–Crippen LogP) is 1.29. The van der Waals surface area contributed by atoms with Gasteiger partial charge in [0.05, 0.1) is 14.2 Å². The number of amidine groups is 1. The number of anilines is 1. The first-order valence-corrected chi connectivity index (χ1v) is 10.2. The maximum absolute atomic E-state index is 15.4. The minimum absolute atomic E-state index is 0.00935. The minimum Gasteiger partial charge on any atom is -0.497 e. The van der Waals surface area contributed by atoms with E-state index in [9.17, 15) is 9.59 Å². The van der Waals surface area contributed by atoms with Crippen LogP contribution in [-0.2, 0) is 0 Å². The Kier molecular flexibility index (Phi) is 6.31. The lowest BCUT2D eigenvalue weighted by molar-refractivity contribution is 0.370. The fraction of sp³-hybridized carbons (Fsp3) is 0.136. The molecular weight excluding hydrogens is 459 g/mol. The van der Waals surface area contributed by atoms with Gasteiger partial charge in [-0.05, 0) is 30.3 Å². The van der Waals surface area contributed by atoms with Gasteiger partial charge in [-0.1, -0.05) is 0 Å². The van der Waals surface area contributed by atoms with E-state index in [-0.39, 0.29) is 28.8 Å². The van der Waals surface area contributed by atoms with Crippen molar-refractivity contribution in [1.29, 1.82) is 5.41 Å². The molecule has 13 heteroatoms. The number of halogens is 1. The molecule has 0 aliphatic carbocycles. The van der Waals surface area contributed by atoms with E-state index in [4.69, 9.17) is 20.6 Å². The van der Waals surface area contributed by atoms with Crippen LogP contribution in [0.3, 0.4) is 0 Å². The summed E-state index contributed by atoms with van der Waals surface area (Å²) in [6.07, 6.45) is 2.62. The number of hydrogen-bond donors (Lipinski definition) is 5. The van der Waals surface area contributed by atoms with E-state index >= 15 is 4.39 Å². The Morgan fingerprint density at radius 1 is 1.20 bits per heavy atom. The second kappa shape index (κ2) is 9.51. The van der Waals surface area contributed by atoms with Crippen LogP contribution in [0.15, 0.2) is 58.4 Å². The molecule has 0 aliphatic heterocycles. The lowest BCUT2D eigenvalue weighted by Gasteiger charge is -2.20. The summed E-state index contributed by atoms with van der Waals surface area (Å²) < 4.78 is 26.6. The van der Waals surface area contributed by atoms with Gasteiger partial charge in [0, 0.05) is 35.3 Å². The molecule has 2 aromatic heterocycles. The van der Waals surface area contributed by atoms with Crippen molar-refractivity contribution in [3.63, 3.8) is 0 Å². The third-order valence-electron chi connectivity index (χ3n) is 5.11. The van der Waals surface area contributed by atoms with E-state index in [0.29, 0.717) is 17.0 Å². The Hall–Kier alpha value is -4.94. The van der Waals surface area contributed by atoms with Crippen LogP contribution in [0.5, 0.6) is 11.5 Å². The smallest absolute Gasteiger partial charge is 0.349 e. The molecule has 6 N–H and O–H groups in total. The number of rotatable bonds is 8. The predicted molar refractivity (Wildman–Crippen MR) is 125 cm³/mol. The number of H-pyrrole nitrogens is 2. The minimum atomic E-state index is -1.06. The number of benzene rings is 2. The number of nitrogen functional groups attached to an aromatic ring is 1. The van der Waals surface area contributed by atoms with Crippen LogP contribution in [-0.4, -0.2) is 44.8 Å². The first kappa shape index (κ1) is 23.2. The quantitative estimate of drug-likeness (QED) is 0.185. The monoisotopic (exact) mass is 480 g/mol. The summed E-state index contributed by atoms with van der Waals surface area (Å²) in [5.41, 5.74) is 5.18. The van der Waals surface area contributed by atoms with Crippen molar-refractivity contribution in [3.8, 4) is 17.3 Å². The summed E-state index contributed by atoms with van der Waals surface area (Å²) in [4.78, 5) is 33.7. The Balaban J connectivity index is 1.87. The standard InChI is InChI=1S/C22H21FN8O4/c1-34-13-9-14(16(23)15(10-13)35-2)17(28-12-5-3-11(4-6-12)18(24)25)19-29-22(33)31(30-19)20-21(32)27-8-7-26-20/h3-10,17,28H,1-2H3,(H3,24,25)(H,27,32)(H,29,30,33). The highest BCUT2D eigenvalue weighted by atomic mass is 19.1. The van der Waals surface area contributed by atoms with Crippen molar-refractivity contribution in [1.82, 2.24) is 24.7 Å². The summed E-state index contributed by atoms with van der Waals surface area (Å²) >= 11 is 0. The zero-order valence-corrected chi connectivity index (χ0v) is 18.6. The summed E-state index contributed by atoms with van der Waals surface area (Å²) in [7, 11) is 2.73. The molecule has 1 unspecified atom stereocenters. The van der Waals surface area contributed by atoms with Gasteiger partial charge in [-0.25, -0.2) is 14.2 Å². The van der Waals surface area contributed by atoms with E-state index in [2.05, 4.69) is 25.4 Å². The van der Waals surface area contributed by atoms with Crippen molar-refractivity contribution in [2.75, 3.05) is 19.5 Å². The van der Waals surface area contributed by atoms with Crippen LogP contribution >= 0.6 is 0 Å². The van der Waals surface area contributed by atoms with E-state index < -0.39 is 23.1 Å². The van der Waals surface area contributed by atoms with Crippen LogP contribution in [0.1, 0.15) is 23.0 Å². The van der Waals surface area contributed by atoms with Crippen molar-refractivity contribution in [2.45, 2.75) is 6.04 Å². The van der Waals surface area contributed by atoms with Crippen LogP contribution in [0.2, 0.25) is 0 Å². The average molecular weight is 480 g/mol. The molecule has 0 radical (unpaired) electrons. The highest BCUT2D eigenvalue weighted by Crippen LogP contribution is 2.34. The van der Waals surface area contributed by atoms with Gasteiger partial charge in [0.25, 0.3) is 5.56 Å². The van der Waals surface area contributed by atoms with Crippen LogP contribution < -0.4 is 31.8 Å². The molecule has 0 spiro atoms. The maximum atomic E-state index is 15.4. The molecule has 0 amide bonds.